The van der Waals surface area contributed by atoms with Crippen LogP contribution in [0.1, 0.15) is 244 Å². The molecule has 0 aliphatic rings. The summed E-state index contributed by atoms with van der Waals surface area (Å²) in [4.78, 5) is 0. The third-order valence-corrected chi connectivity index (χ3v) is 11.8. The molecule has 0 spiro atoms. The van der Waals surface area contributed by atoms with Crippen LogP contribution in [-0.4, -0.2) is 13.1 Å². The molecule has 0 saturated heterocycles. The van der Waals surface area contributed by atoms with Crippen LogP contribution >= 0.6 is 0 Å². The zero-order valence-electron chi connectivity index (χ0n) is 39.3. The first-order chi connectivity index (χ1) is 27.6. The second-order valence-electron chi connectivity index (χ2n) is 18.5. The highest BCUT2D eigenvalue weighted by Gasteiger charge is 2.00. The van der Waals surface area contributed by atoms with Gasteiger partial charge in [0.15, 0.2) is 0 Å². The quantitative estimate of drug-likeness (QED) is 0.0628. The van der Waals surface area contributed by atoms with E-state index >= 15 is 0 Å². The lowest BCUT2D eigenvalue weighted by Gasteiger charge is -2.05. The number of hydrogen-bond donors (Lipinski definition) is 2. The standard InChI is InChI=1S/2C27H49N.2ClH/c2*1-26(2)21-17-14-12-10-8-6-4-3-5-7-9-11-13-15-20-24-28-25-27-22-18-16-19-23-27;;/h2*16,18-19,22-23,26,28H,3-15,17,20-21,24-25H2,1-2H3;2*1H. The van der Waals surface area contributed by atoms with Gasteiger partial charge in [0.25, 0.3) is 0 Å². The summed E-state index contributed by atoms with van der Waals surface area (Å²) in [5.41, 5.74) is 2.90. The molecular formula is C54H100Cl2N2. The smallest absolute Gasteiger partial charge is 0.101 e. The van der Waals surface area contributed by atoms with E-state index in [1.807, 2.05) is 0 Å². The van der Waals surface area contributed by atoms with Crippen molar-refractivity contribution in [2.24, 2.45) is 11.8 Å². The molecule has 0 atom stereocenters. The highest BCUT2D eigenvalue weighted by atomic mass is 35.5. The van der Waals surface area contributed by atoms with Crippen LogP contribution in [0.3, 0.4) is 0 Å². The van der Waals surface area contributed by atoms with Crippen molar-refractivity contribution < 1.29 is 35.4 Å². The highest BCUT2D eigenvalue weighted by molar-refractivity contribution is 5.13. The predicted octanol–water partition coefficient (Wildman–Crippen LogP) is 9.30. The molecule has 0 aliphatic heterocycles. The van der Waals surface area contributed by atoms with Gasteiger partial charge in [0.05, 0.1) is 13.1 Å². The lowest BCUT2D eigenvalue weighted by molar-refractivity contribution is -0.671. The van der Waals surface area contributed by atoms with Crippen molar-refractivity contribution >= 4 is 0 Å². The molecule has 0 amide bonds. The highest BCUT2D eigenvalue weighted by Crippen LogP contribution is 2.16. The normalized spacial score (nSPS) is 11.0. The molecule has 2 rings (SSSR count). The largest absolute Gasteiger partial charge is 1.00 e. The minimum Gasteiger partial charge on any atom is -1.00 e. The molecule has 0 heterocycles. The zero-order valence-corrected chi connectivity index (χ0v) is 40.8. The monoisotopic (exact) mass is 847 g/mol. The maximum atomic E-state index is 2.46. The van der Waals surface area contributed by atoms with E-state index in [9.17, 15) is 0 Å². The third kappa shape index (κ3) is 46.0. The fraction of sp³-hybridized carbons (Fsp3) is 0.778. The van der Waals surface area contributed by atoms with Gasteiger partial charge in [-0.3, -0.25) is 0 Å². The maximum Gasteiger partial charge on any atom is 0.101 e. The Bertz CT molecular complexity index is 917. The Labute approximate surface area is 376 Å². The minimum absolute atomic E-state index is 0. The number of quaternary nitrogens is 2. The molecule has 0 fully saturated rings. The van der Waals surface area contributed by atoms with Crippen LogP contribution in [-0.2, 0) is 13.1 Å². The van der Waals surface area contributed by atoms with Crippen LogP contribution in [0, 0.1) is 11.8 Å². The maximum absolute atomic E-state index is 2.46. The summed E-state index contributed by atoms with van der Waals surface area (Å²) in [5, 5.41) is 4.92. The average molecular weight is 848 g/mol. The van der Waals surface area contributed by atoms with Crippen LogP contribution in [0.15, 0.2) is 60.7 Å². The van der Waals surface area contributed by atoms with E-state index in [0.29, 0.717) is 0 Å². The van der Waals surface area contributed by atoms with Crippen molar-refractivity contribution in [3.05, 3.63) is 71.8 Å². The molecular weight excluding hydrogens is 748 g/mol. The number of rotatable bonds is 40. The Morgan fingerprint density at radius 2 is 0.500 bits per heavy atom. The molecule has 340 valence electrons. The number of nitrogens with two attached hydrogens (primary N) is 2. The van der Waals surface area contributed by atoms with Crippen molar-refractivity contribution in [3.8, 4) is 0 Å². The first-order valence-electron chi connectivity index (χ1n) is 25.3. The summed E-state index contributed by atoms with van der Waals surface area (Å²) in [6.07, 6.45) is 46.5. The molecule has 0 aliphatic carbocycles. The van der Waals surface area contributed by atoms with E-state index in [2.05, 4.69) is 99.0 Å². The summed E-state index contributed by atoms with van der Waals surface area (Å²) in [6, 6.07) is 21.7. The molecule has 2 aromatic rings. The lowest BCUT2D eigenvalue weighted by atomic mass is 10.0. The Balaban J connectivity index is 0. The second-order valence-corrected chi connectivity index (χ2v) is 18.5. The molecule has 0 bridgehead atoms. The van der Waals surface area contributed by atoms with Gasteiger partial charge < -0.3 is 35.4 Å². The van der Waals surface area contributed by atoms with E-state index in [0.717, 1.165) is 24.9 Å². The summed E-state index contributed by atoms with van der Waals surface area (Å²) < 4.78 is 0. The zero-order chi connectivity index (χ0) is 40.3. The van der Waals surface area contributed by atoms with Gasteiger partial charge in [-0.2, -0.15) is 0 Å². The average Bonchev–Trinajstić information content (AvgIpc) is 3.20. The Morgan fingerprint density at radius 1 is 0.293 bits per heavy atom. The minimum atomic E-state index is 0. The molecule has 0 radical (unpaired) electrons. The fourth-order valence-corrected chi connectivity index (χ4v) is 8.04. The Hall–Kier alpha value is -1.06. The van der Waals surface area contributed by atoms with Crippen LogP contribution in [0.25, 0.3) is 0 Å². The predicted molar refractivity (Wildman–Crippen MR) is 251 cm³/mol. The summed E-state index contributed by atoms with van der Waals surface area (Å²) in [6.45, 7) is 14.2. The van der Waals surface area contributed by atoms with Gasteiger partial charge in [-0.15, -0.1) is 0 Å². The number of hydrogen-bond acceptors (Lipinski definition) is 0. The first-order valence-corrected chi connectivity index (χ1v) is 25.3. The van der Waals surface area contributed by atoms with Crippen LogP contribution in [0.2, 0.25) is 0 Å². The van der Waals surface area contributed by atoms with Crippen molar-refractivity contribution in [1.82, 2.24) is 0 Å². The van der Waals surface area contributed by atoms with E-state index in [4.69, 9.17) is 0 Å². The molecule has 4 heteroatoms. The molecule has 0 saturated carbocycles. The molecule has 4 N–H and O–H groups in total. The van der Waals surface area contributed by atoms with Crippen molar-refractivity contribution in [2.75, 3.05) is 13.1 Å². The Morgan fingerprint density at radius 3 is 0.724 bits per heavy atom. The van der Waals surface area contributed by atoms with Crippen molar-refractivity contribution in [1.29, 1.82) is 0 Å². The summed E-state index contributed by atoms with van der Waals surface area (Å²) >= 11 is 0. The number of unbranched alkanes of at least 4 members (excludes halogenated alkanes) is 28. The van der Waals surface area contributed by atoms with E-state index in [1.54, 1.807) is 0 Å². The lowest BCUT2D eigenvalue weighted by Crippen LogP contribution is -3.00. The van der Waals surface area contributed by atoms with Gasteiger partial charge in [-0.1, -0.05) is 268 Å². The van der Waals surface area contributed by atoms with Gasteiger partial charge in [0.1, 0.15) is 13.1 Å². The van der Waals surface area contributed by atoms with Crippen LogP contribution in [0.5, 0.6) is 0 Å². The van der Waals surface area contributed by atoms with Crippen molar-refractivity contribution in [2.45, 2.75) is 246 Å². The Kier molecular flexibility index (Phi) is 49.5. The molecule has 2 nitrogen and oxygen atoms in total. The summed E-state index contributed by atoms with van der Waals surface area (Å²) in [7, 11) is 0. The first kappa shape index (κ1) is 59.0. The van der Waals surface area contributed by atoms with Gasteiger partial charge in [0, 0.05) is 11.1 Å². The molecule has 58 heavy (non-hydrogen) atoms. The van der Waals surface area contributed by atoms with E-state index < -0.39 is 0 Å². The van der Waals surface area contributed by atoms with Crippen molar-refractivity contribution in [3.63, 3.8) is 0 Å². The van der Waals surface area contributed by atoms with Gasteiger partial charge >= 0.3 is 0 Å². The van der Waals surface area contributed by atoms with Crippen LogP contribution in [0.4, 0.5) is 0 Å². The molecule has 0 aromatic heterocycles. The SMILES string of the molecule is CC(C)CCCCCCCCCCCCCCCCC[NH2+]Cc1ccccc1.CC(C)CCCCCCCCCCCCCCCCC[NH2+]Cc1ccccc1.[Cl-].[Cl-]. The number of benzene rings is 2. The molecule has 2 aromatic carbocycles. The van der Waals surface area contributed by atoms with E-state index in [-0.39, 0.29) is 24.8 Å². The van der Waals surface area contributed by atoms with Gasteiger partial charge in [0.2, 0.25) is 0 Å². The van der Waals surface area contributed by atoms with E-state index in [1.165, 1.54) is 230 Å². The second kappa shape index (κ2) is 48.6. The fourth-order valence-electron chi connectivity index (χ4n) is 8.04. The molecule has 0 unspecified atom stereocenters. The van der Waals surface area contributed by atoms with Crippen LogP contribution < -0.4 is 35.4 Å². The number of halogens is 2. The van der Waals surface area contributed by atoms with Gasteiger partial charge in [-0.05, 0) is 37.5 Å². The summed E-state index contributed by atoms with van der Waals surface area (Å²) in [5.74, 6) is 1.78. The third-order valence-electron chi connectivity index (χ3n) is 11.8. The topological polar surface area (TPSA) is 33.2 Å². The van der Waals surface area contributed by atoms with Gasteiger partial charge in [-0.25, -0.2) is 0 Å².